The van der Waals surface area contributed by atoms with Crippen LogP contribution < -0.4 is 44.9 Å². The van der Waals surface area contributed by atoms with Crippen LogP contribution in [-0.2, 0) is 33.9 Å². The van der Waals surface area contributed by atoms with E-state index in [1.54, 1.807) is 37.2 Å². The highest BCUT2D eigenvalue weighted by Gasteiger charge is 2.33. The van der Waals surface area contributed by atoms with Gasteiger partial charge in [-0.05, 0) is 220 Å². The summed E-state index contributed by atoms with van der Waals surface area (Å²) in [7, 11) is 0. The number of hydrogen-bond acceptors (Lipinski definition) is 15. The molecular weight excluding hydrogens is 1330 g/mol. The summed E-state index contributed by atoms with van der Waals surface area (Å²) in [5.74, 6) is 3.28. The molecule has 9 heterocycles. The van der Waals surface area contributed by atoms with Gasteiger partial charge in [-0.2, -0.15) is 0 Å². The Morgan fingerprint density at radius 3 is 1.07 bits per heavy atom. The highest BCUT2D eigenvalue weighted by molar-refractivity contribution is 6.00. The van der Waals surface area contributed by atoms with E-state index in [4.69, 9.17) is 14.2 Å². The molecule has 0 bridgehead atoms. The predicted octanol–water partition coefficient (Wildman–Crippen LogP) is 10.9. The second-order valence-electron chi connectivity index (χ2n) is 27.5. The standard InChI is InChI=1S/C29H32N4O3.2C28H30N4O3/c34-28-21-36-27-8-4-3-7-26(27)33(28)20-19-32-17-12-23(13-18-32)24-5-1-2-6-25(24)29(35)31-16-11-22-9-14-30-15-10-22;33-27-20-35-26-10-4-3-9-25(26)32(27)17-16-31-14-11-22(12-15-31)23-7-1-2-8-24(23)28(34)30-19-21-6-5-13-29-18-21;33-27-20-35-26-8-4-3-7-25(26)32(27)18-17-31-15-11-22(12-16-31)23-5-1-2-6-24(23)28(34)30-19-21-9-13-29-14-10-21/h1-10,14-15,23H,11-13,16-21H2,(H,31,35);1-10,13,18,22H,11-12,14-17,19-20H2,(H,30,34);1-10,13-14,22H,11-12,15-20H2,(H,30,34). The van der Waals surface area contributed by atoms with Crippen molar-refractivity contribution in [3.05, 3.63) is 269 Å². The first-order valence-corrected chi connectivity index (χ1v) is 37.1. The second kappa shape index (κ2) is 36.5. The van der Waals surface area contributed by atoms with Crippen molar-refractivity contribution >= 4 is 52.5 Å². The van der Waals surface area contributed by atoms with Crippen LogP contribution in [0.1, 0.15) is 121 Å². The molecule has 0 atom stereocenters. The Kier molecular flexibility index (Phi) is 25.2. The highest BCUT2D eigenvalue weighted by Crippen LogP contribution is 2.37. The molecule has 0 radical (unpaired) electrons. The summed E-state index contributed by atoms with van der Waals surface area (Å²) in [4.78, 5) is 101. The number of aromatic nitrogens is 3. The van der Waals surface area contributed by atoms with Gasteiger partial charge in [-0.15, -0.1) is 0 Å². The Labute approximate surface area is 619 Å². The molecule has 6 aliphatic rings. The minimum absolute atomic E-state index is 0.00445. The maximum atomic E-state index is 13.0. The van der Waals surface area contributed by atoms with Gasteiger partial charge in [0.1, 0.15) is 17.2 Å². The Bertz CT molecular complexity index is 4250. The number of amides is 6. The molecule has 6 aromatic carbocycles. The first kappa shape index (κ1) is 73.2. The molecule has 0 spiro atoms. The molecule has 21 heteroatoms. The predicted molar refractivity (Wildman–Crippen MR) is 409 cm³/mol. The number of likely N-dealkylation sites (tertiary alicyclic amines) is 3. The topological polar surface area (TPSA) is 224 Å². The van der Waals surface area contributed by atoms with Gasteiger partial charge in [0.05, 0.1) is 17.1 Å². The molecule has 21 nitrogen and oxygen atoms in total. The fourth-order valence-electron chi connectivity index (χ4n) is 15.0. The smallest absolute Gasteiger partial charge is 0.265 e. The summed E-state index contributed by atoms with van der Waals surface area (Å²) in [5.41, 5.74) is 11.4. The van der Waals surface area contributed by atoms with Gasteiger partial charge in [-0.3, -0.25) is 43.7 Å². The van der Waals surface area contributed by atoms with E-state index in [2.05, 4.69) is 63.8 Å². The molecular formula is C85H92N12O9. The van der Waals surface area contributed by atoms with Gasteiger partial charge in [-0.25, -0.2) is 0 Å². The molecule has 0 unspecified atom stereocenters. The van der Waals surface area contributed by atoms with E-state index in [-0.39, 0.29) is 55.3 Å². The molecule has 6 amide bonds. The number of nitrogens with zero attached hydrogens (tertiary/aromatic N) is 9. The van der Waals surface area contributed by atoms with Crippen LogP contribution in [0.25, 0.3) is 0 Å². The zero-order valence-corrected chi connectivity index (χ0v) is 59.9. The molecule has 9 aromatic rings. The van der Waals surface area contributed by atoms with Gasteiger partial charge in [0.2, 0.25) is 0 Å². The van der Waals surface area contributed by atoms with Gasteiger partial charge in [0.25, 0.3) is 35.4 Å². The van der Waals surface area contributed by atoms with Crippen LogP contribution in [0.2, 0.25) is 0 Å². The van der Waals surface area contributed by atoms with Crippen molar-refractivity contribution < 1.29 is 43.0 Å². The lowest BCUT2D eigenvalue weighted by Crippen LogP contribution is -2.45. The van der Waals surface area contributed by atoms with E-state index in [0.717, 1.165) is 188 Å². The minimum atomic E-state index is -0.0450. The lowest BCUT2D eigenvalue weighted by atomic mass is 9.86. The zero-order valence-electron chi connectivity index (χ0n) is 59.9. The fourth-order valence-corrected chi connectivity index (χ4v) is 15.0. The number of pyridine rings is 3. The molecule has 15 rings (SSSR count). The number of hydrogen-bond donors (Lipinski definition) is 3. The molecule has 0 saturated carbocycles. The van der Waals surface area contributed by atoms with Gasteiger partial charge < -0.3 is 59.6 Å². The number of nitrogens with one attached hydrogen (secondary N) is 3. The monoisotopic (exact) mass is 1420 g/mol. The first-order valence-electron chi connectivity index (χ1n) is 37.1. The van der Waals surface area contributed by atoms with Crippen LogP contribution in [0.5, 0.6) is 17.2 Å². The molecule has 3 saturated heterocycles. The van der Waals surface area contributed by atoms with Crippen molar-refractivity contribution in [3.63, 3.8) is 0 Å². The lowest BCUT2D eigenvalue weighted by molar-refractivity contribution is -0.122. The van der Waals surface area contributed by atoms with E-state index < -0.39 is 0 Å². The minimum Gasteiger partial charge on any atom is -0.482 e. The number of benzene rings is 6. The summed E-state index contributed by atoms with van der Waals surface area (Å²) in [6.45, 7) is 11.9. The van der Waals surface area contributed by atoms with Gasteiger partial charge in [0.15, 0.2) is 19.8 Å². The Balaban J connectivity index is 0.000000141. The number of para-hydroxylation sites is 6. The number of ether oxygens (including phenoxy) is 3. The number of fused-ring (bicyclic) bond motifs is 3. The third-order valence-corrected chi connectivity index (χ3v) is 20.9. The van der Waals surface area contributed by atoms with Crippen molar-refractivity contribution in [3.8, 4) is 17.2 Å². The van der Waals surface area contributed by atoms with Crippen molar-refractivity contribution in [1.82, 2.24) is 45.6 Å². The Morgan fingerprint density at radius 2 is 0.689 bits per heavy atom. The van der Waals surface area contributed by atoms with Gasteiger partial charge in [0, 0.05) is 113 Å². The SMILES string of the molecule is O=C(NCCc1ccncc1)c1ccccc1C1CCN(CCN2C(=O)COc3ccccc32)CC1.O=C(NCc1cccnc1)c1ccccc1C1CCN(CCN2C(=O)COc3ccccc32)CC1.O=C(NCc1ccncc1)c1ccccc1C1CCN(CCN2C(=O)COc3ccccc32)CC1. The van der Waals surface area contributed by atoms with Crippen LogP contribution in [0.4, 0.5) is 17.1 Å². The van der Waals surface area contributed by atoms with Crippen LogP contribution in [0.3, 0.4) is 0 Å². The lowest BCUT2D eigenvalue weighted by Gasteiger charge is -2.35. The summed E-state index contributed by atoms with van der Waals surface area (Å²) < 4.78 is 16.7. The molecule has 3 fully saturated rings. The fraction of sp³-hybridized carbons (Fsp3) is 0.329. The summed E-state index contributed by atoms with van der Waals surface area (Å²) in [6.07, 6.45) is 17.2. The quantitative estimate of drug-likeness (QED) is 0.0574. The molecule has 3 N–H and O–H groups in total. The van der Waals surface area contributed by atoms with Crippen LogP contribution in [0.15, 0.2) is 219 Å². The van der Waals surface area contributed by atoms with E-state index in [9.17, 15) is 28.8 Å². The molecule has 3 aromatic heterocycles. The maximum absolute atomic E-state index is 13.0. The number of rotatable bonds is 22. The van der Waals surface area contributed by atoms with E-state index in [0.29, 0.717) is 57.0 Å². The van der Waals surface area contributed by atoms with Crippen LogP contribution >= 0.6 is 0 Å². The van der Waals surface area contributed by atoms with E-state index in [1.165, 1.54) is 0 Å². The maximum Gasteiger partial charge on any atom is 0.265 e. The summed E-state index contributed by atoms with van der Waals surface area (Å²) >= 11 is 0. The van der Waals surface area contributed by atoms with Crippen molar-refractivity contribution in [2.75, 3.05) is 120 Å². The Hall–Kier alpha value is -11.1. The summed E-state index contributed by atoms with van der Waals surface area (Å²) in [6, 6.07) is 58.6. The summed E-state index contributed by atoms with van der Waals surface area (Å²) in [5, 5.41) is 9.17. The number of carbonyl (C=O) groups is 6. The average molecular weight is 1430 g/mol. The van der Waals surface area contributed by atoms with Gasteiger partial charge in [-0.1, -0.05) is 97.1 Å². The Morgan fingerprint density at radius 1 is 0.349 bits per heavy atom. The third-order valence-electron chi connectivity index (χ3n) is 20.9. The normalized spacial score (nSPS) is 16.4. The van der Waals surface area contributed by atoms with E-state index in [1.807, 2.05) is 178 Å². The second-order valence-corrected chi connectivity index (χ2v) is 27.5. The molecule has 6 aliphatic heterocycles. The van der Waals surface area contributed by atoms with E-state index >= 15 is 0 Å². The third kappa shape index (κ3) is 19.0. The first-order chi connectivity index (χ1) is 52.1. The molecule has 106 heavy (non-hydrogen) atoms. The largest absolute Gasteiger partial charge is 0.482 e. The van der Waals surface area contributed by atoms with Crippen molar-refractivity contribution in [2.45, 2.75) is 75.8 Å². The molecule has 0 aliphatic carbocycles. The van der Waals surface area contributed by atoms with Crippen molar-refractivity contribution in [2.24, 2.45) is 0 Å². The van der Waals surface area contributed by atoms with Crippen LogP contribution in [-0.4, -0.2) is 170 Å². The number of anilines is 3. The zero-order chi connectivity index (χ0) is 72.8. The number of carbonyl (C=O) groups excluding carboxylic acids is 6. The number of piperidine rings is 3. The average Bonchev–Trinajstić information content (AvgIpc) is 0.822. The van der Waals surface area contributed by atoms with Gasteiger partial charge >= 0.3 is 0 Å². The highest BCUT2D eigenvalue weighted by atomic mass is 16.5. The van der Waals surface area contributed by atoms with Crippen LogP contribution in [0, 0.1) is 0 Å². The van der Waals surface area contributed by atoms with Crippen molar-refractivity contribution in [1.29, 1.82) is 0 Å². The molecule has 546 valence electrons.